The average Bonchev–Trinajstić information content (AvgIpc) is 3.09. The number of imide groups is 1. The zero-order valence-electron chi connectivity index (χ0n) is 19.8. The third-order valence-electron chi connectivity index (χ3n) is 6.28. The molecule has 2 aromatic rings. The number of ether oxygens (including phenoxy) is 1. The number of carbonyl (C=O) groups is 3. The Morgan fingerprint density at radius 2 is 1.83 bits per heavy atom. The van der Waals surface area contributed by atoms with Gasteiger partial charge in [-0.25, -0.2) is 0 Å². The lowest BCUT2D eigenvalue weighted by Crippen LogP contribution is -2.42. The van der Waals surface area contributed by atoms with Crippen molar-refractivity contribution in [3.8, 4) is 5.75 Å². The van der Waals surface area contributed by atoms with Crippen LogP contribution in [0.5, 0.6) is 5.75 Å². The van der Waals surface area contributed by atoms with Crippen molar-refractivity contribution >= 4 is 40.7 Å². The summed E-state index contributed by atoms with van der Waals surface area (Å²) in [6.45, 7) is 2.66. The molecular weight excluding hydrogens is 466 g/mol. The average molecular weight is 496 g/mol. The number of para-hydroxylation sites is 2. The molecule has 0 spiro atoms. The van der Waals surface area contributed by atoms with E-state index < -0.39 is 11.8 Å². The van der Waals surface area contributed by atoms with Crippen molar-refractivity contribution in [1.82, 2.24) is 4.90 Å². The van der Waals surface area contributed by atoms with Crippen LogP contribution in [-0.4, -0.2) is 35.3 Å². The van der Waals surface area contributed by atoms with Crippen LogP contribution in [0, 0.1) is 0 Å². The van der Waals surface area contributed by atoms with E-state index in [-0.39, 0.29) is 22.7 Å². The van der Waals surface area contributed by atoms with Gasteiger partial charge in [-0.2, -0.15) is 0 Å². The van der Waals surface area contributed by atoms with E-state index in [4.69, 9.17) is 16.3 Å². The maximum Gasteiger partial charge on any atom is 0.279 e. The number of hydrogen-bond donors (Lipinski definition) is 2. The highest BCUT2D eigenvalue weighted by atomic mass is 35.5. The summed E-state index contributed by atoms with van der Waals surface area (Å²) < 4.78 is 5.80. The third kappa shape index (κ3) is 5.68. The van der Waals surface area contributed by atoms with Gasteiger partial charge in [0.15, 0.2) is 0 Å². The fourth-order valence-electron chi connectivity index (χ4n) is 4.40. The first-order chi connectivity index (χ1) is 17.0. The number of anilines is 2. The lowest BCUT2D eigenvalue weighted by Gasteiger charge is -2.29. The van der Waals surface area contributed by atoms with Gasteiger partial charge in [-0.15, -0.1) is 0 Å². The predicted molar refractivity (Wildman–Crippen MR) is 136 cm³/mol. The van der Waals surface area contributed by atoms with Gasteiger partial charge in [0, 0.05) is 17.3 Å². The van der Waals surface area contributed by atoms with E-state index >= 15 is 0 Å². The smallest absolute Gasteiger partial charge is 0.279 e. The zero-order valence-corrected chi connectivity index (χ0v) is 20.6. The summed E-state index contributed by atoms with van der Waals surface area (Å²) in [6, 6.07) is 13.9. The summed E-state index contributed by atoms with van der Waals surface area (Å²) in [5, 5.41) is 5.75. The van der Waals surface area contributed by atoms with Crippen LogP contribution in [-0.2, 0) is 9.59 Å². The molecule has 0 unspecified atom stereocenters. The van der Waals surface area contributed by atoms with Crippen molar-refractivity contribution < 1.29 is 19.1 Å². The first-order valence-electron chi connectivity index (χ1n) is 12.2. The summed E-state index contributed by atoms with van der Waals surface area (Å²) in [6.07, 6.45) is 6.64. The summed E-state index contributed by atoms with van der Waals surface area (Å²) in [4.78, 5) is 40.0. The van der Waals surface area contributed by atoms with E-state index in [0.717, 1.165) is 44.9 Å². The molecule has 2 aliphatic rings. The molecule has 7 nitrogen and oxygen atoms in total. The molecule has 0 aromatic heterocycles. The van der Waals surface area contributed by atoms with E-state index in [1.54, 1.807) is 30.3 Å². The predicted octanol–water partition coefficient (Wildman–Crippen LogP) is 5.68. The monoisotopic (exact) mass is 495 g/mol. The Labute approximate surface area is 210 Å². The molecule has 1 heterocycles. The topological polar surface area (TPSA) is 87.7 Å². The van der Waals surface area contributed by atoms with Crippen LogP contribution in [0.4, 0.5) is 11.4 Å². The highest BCUT2D eigenvalue weighted by Gasteiger charge is 2.42. The van der Waals surface area contributed by atoms with Crippen molar-refractivity contribution in [3.63, 3.8) is 0 Å². The Hall–Kier alpha value is -3.32. The Kier molecular flexibility index (Phi) is 8.08. The molecule has 1 fully saturated rings. The van der Waals surface area contributed by atoms with Crippen LogP contribution in [0.1, 0.15) is 62.2 Å². The third-order valence-corrected chi connectivity index (χ3v) is 6.63. The number of unbranched alkanes of at least 4 members (excludes halogenated alkanes) is 1. The maximum absolute atomic E-state index is 13.0. The van der Waals surface area contributed by atoms with Gasteiger partial charge < -0.3 is 15.4 Å². The van der Waals surface area contributed by atoms with Crippen LogP contribution in [0.25, 0.3) is 0 Å². The minimum atomic E-state index is -0.459. The minimum Gasteiger partial charge on any atom is -0.491 e. The number of halogens is 1. The molecule has 1 aliphatic heterocycles. The van der Waals surface area contributed by atoms with Crippen molar-refractivity contribution in [2.24, 2.45) is 0 Å². The van der Waals surface area contributed by atoms with Crippen molar-refractivity contribution in [3.05, 3.63) is 64.8 Å². The highest BCUT2D eigenvalue weighted by molar-refractivity contribution is 6.48. The molecule has 3 amide bonds. The Morgan fingerprint density at radius 1 is 1.06 bits per heavy atom. The number of hydrogen-bond acceptors (Lipinski definition) is 5. The molecule has 35 heavy (non-hydrogen) atoms. The van der Waals surface area contributed by atoms with E-state index in [1.807, 2.05) is 18.2 Å². The van der Waals surface area contributed by atoms with Gasteiger partial charge in [0.05, 0.1) is 12.3 Å². The molecular formula is C27H30ClN3O4. The fourth-order valence-corrected chi connectivity index (χ4v) is 4.62. The summed E-state index contributed by atoms with van der Waals surface area (Å²) in [5.41, 5.74) is 1.51. The first-order valence-corrected chi connectivity index (χ1v) is 12.5. The quantitative estimate of drug-likeness (QED) is 0.345. The second-order valence-corrected chi connectivity index (χ2v) is 9.20. The Balaban J connectivity index is 1.46. The van der Waals surface area contributed by atoms with Crippen LogP contribution >= 0.6 is 11.6 Å². The molecule has 4 rings (SSSR count). The summed E-state index contributed by atoms with van der Waals surface area (Å²) in [7, 11) is 0. The molecule has 2 aromatic carbocycles. The number of carbonyl (C=O) groups excluding carboxylic acids is 3. The lowest BCUT2D eigenvalue weighted by atomic mass is 9.94. The molecule has 2 N–H and O–H groups in total. The van der Waals surface area contributed by atoms with Crippen molar-refractivity contribution in [2.75, 3.05) is 17.2 Å². The van der Waals surface area contributed by atoms with Crippen molar-refractivity contribution in [2.45, 2.75) is 57.9 Å². The molecule has 8 heteroatoms. The Morgan fingerprint density at radius 3 is 2.60 bits per heavy atom. The van der Waals surface area contributed by atoms with Crippen LogP contribution in [0.2, 0.25) is 0 Å². The molecule has 1 saturated carbocycles. The van der Waals surface area contributed by atoms with Gasteiger partial charge >= 0.3 is 0 Å². The normalized spacial score (nSPS) is 16.6. The van der Waals surface area contributed by atoms with Crippen LogP contribution in [0.3, 0.4) is 0 Å². The standard InChI is InChI=1S/C27H30ClN3O4/c1-2-3-16-35-22-15-8-7-14-21(22)30-25(32)18-10-9-11-19(17-18)29-24-23(28)26(33)31(27(24)34)20-12-5-4-6-13-20/h7-11,14-15,17,20,29H,2-6,12-13,16H2,1H3,(H,30,32). The van der Waals surface area contributed by atoms with Gasteiger partial charge in [-0.05, 0) is 49.6 Å². The first kappa shape index (κ1) is 24.8. The summed E-state index contributed by atoms with van der Waals surface area (Å²) >= 11 is 6.28. The summed E-state index contributed by atoms with van der Waals surface area (Å²) in [5.74, 6) is -0.587. The van der Waals surface area contributed by atoms with Gasteiger partial charge in [0.25, 0.3) is 17.7 Å². The van der Waals surface area contributed by atoms with Gasteiger partial charge in [-0.3, -0.25) is 19.3 Å². The molecule has 0 saturated heterocycles. The molecule has 0 bridgehead atoms. The fraction of sp³-hybridized carbons (Fsp3) is 0.370. The lowest BCUT2D eigenvalue weighted by molar-refractivity contribution is -0.140. The molecule has 1 aliphatic carbocycles. The highest BCUT2D eigenvalue weighted by Crippen LogP contribution is 2.32. The number of nitrogens with one attached hydrogen (secondary N) is 2. The number of amides is 3. The number of rotatable bonds is 9. The minimum absolute atomic E-state index is 0.0504. The molecule has 0 atom stereocenters. The molecule has 184 valence electrons. The van der Waals surface area contributed by atoms with Gasteiger partial charge in [0.1, 0.15) is 16.5 Å². The van der Waals surface area contributed by atoms with Crippen LogP contribution in [0.15, 0.2) is 59.3 Å². The second kappa shape index (κ2) is 11.4. The number of nitrogens with zero attached hydrogens (tertiary/aromatic N) is 1. The Bertz CT molecular complexity index is 1140. The van der Waals surface area contributed by atoms with E-state index in [0.29, 0.717) is 29.3 Å². The zero-order chi connectivity index (χ0) is 24.8. The van der Waals surface area contributed by atoms with Gasteiger partial charge in [0.2, 0.25) is 0 Å². The largest absolute Gasteiger partial charge is 0.491 e. The van der Waals surface area contributed by atoms with E-state index in [2.05, 4.69) is 17.6 Å². The van der Waals surface area contributed by atoms with Crippen molar-refractivity contribution in [1.29, 1.82) is 0 Å². The van der Waals surface area contributed by atoms with Gasteiger partial charge in [-0.1, -0.05) is 62.4 Å². The number of benzene rings is 2. The maximum atomic E-state index is 13.0. The van der Waals surface area contributed by atoms with E-state index in [1.165, 1.54) is 4.90 Å². The van der Waals surface area contributed by atoms with E-state index in [9.17, 15) is 14.4 Å². The SMILES string of the molecule is CCCCOc1ccccc1NC(=O)c1cccc(NC2=C(Cl)C(=O)N(C3CCCCC3)C2=O)c1. The second-order valence-electron chi connectivity index (χ2n) is 8.82. The molecule has 0 radical (unpaired) electrons. The van der Waals surface area contributed by atoms with Crippen LogP contribution < -0.4 is 15.4 Å².